The predicted molar refractivity (Wildman–Crippen MR) is 61.4 cm³/mol. The molecular weight excluding hydrogens is 206 g/mol. The van der Waals surface area contributed by atoms with Crippen LogP contribution in [-0.2, 0) is 7.05 Å². The lowest BCUT2D eigenvalue weighted by Crippen LogP contribution is -2.25. The van der Waals surface area contributed by atoms with Gasteiger partial charge in [0.15, 0.2) is 0 Å². The fourth-order valence-electron chi connectivity index (χ4n) is 2.09. The number of aryl methyl sites for hydroxylation is 2. The molecule has 0 saturated carbocycles. The Bertz CT molecular complexity index is 406. The van der Waals surface area contributed by atoms with Crippen LogP contribution in [0.5, 0.6) is 0 Å². The van der Waals surface area contributed by atoms with Crippen LogP contribution in [0, 0.1) is 6.92 Å². The van der Waals surface area contributed by atoms with Crippen LogP contribution in [0.25, 0.3) is 0 Å². The number of carbonyl (C=O) groups is 1. The van der Waals surface area contributed by atoms with Crippen molar-refractivity contribution >= 4 is 11.7 Å². The Morgan fingerprint density at radius 1 is 1.69 bits per heavy atom. The molecule has 1 fully saturated rings. The van der Waals surface area contributed by atoms with Crippen LogP contribution in [0.4, 0.5) is 5.82 Å². The Labute approximate surface area is 94.2 Å². The highest BCUT2D eigenvalue weighted by molar-refractivity contribution is 5.98. The summed E-state index contributed by atoms with van der Waals surface area (Å²) in [5.41, 5.74) is 6.52. The average molecular weight is 223 g/mol. The second-order valence-electron chi connectivity index (χ2n) is 4.13. The molecule has 0 radical (unpaired) electrons. The number of hydrogen-bond donors (Lipinski definition) is 3. The van der Waals surface area contributed by atoms with Crippen molar-refractivity contribution < 1.29 is 4.79 Å². The molecule has 4 N–H and O–H groups in total. The Morgan fingerprint density at radius 3 is 3.00 bits per heavy atom. The highest BCUT2D eigenvalue weighted by atomic mass is 16.1. The molecule has 6 nitrogen and oxygen atoms in total. The van der Waals surface area contributed by atoms with Gasteiger partial charge >= 0.3 is 0 Å². The van der Waals surface area contributed by atoms with E-state index in [2.05, 4.69) is 15.7 Å². The fourth-order valence-corrected chi connectivity index (χ4v) is 2.09. The highest BCUT2D eigenvalue weighted by Crippen LogP contribution is 2.20. The first-order valence-corrected chi connectivity index (χ1v) is 5.40. The molecule has 0 spiro atoms. The van der Waals surface area contributed by atoms with Crippen molar-refractivity contribution in [2.75, 3.05) is 18.4 Å². The molecule has 16 heavy (non-hydrogen) atoms. The van der Waals surface area contributed by atoms with Crippen molar-refractivity contribution in [2.24, 2.45) is 12.8 Å². The number of aromatic nitrogens is 2. The molecule has 1 aliphatic heterocycles. The molecule has 1 aromatic heterocycles. The minimum atomic E-state index is -0.431. The Morgan fingerprint density at radius 2 is 2.44 bits per heavy atom. The van der Waals surface area contributed by atoms with Gasteiger partial charge in [-0.05, 0) is 19.9 Å². The topological polar surface area (TPSA) is 85.0 Å². The van der Waals surface area contributed by atoms with Gasteiger partial charge in [-0.15, -0.1) is 0 Å². The molecule has 0 aliphatic carbocycles. The fraction of sp³-hybridized carbons (Fsp3) is 0.600. The molecule has 1 saturated heterocycles. The van der Waals surface area contributed by atoms with E-state index in [-0.39, 0.29) is 0 Å². The molecule has 1 aromatic rings. The number of primary amides is 1. The maximum atomic E-state index is 11.3. The zero-order chi connectivity index (χ0) is 11.7. The lowest BCUT2D eigenvalue weighted by atomic mass is 10.2. The smallest absolute Gasteiger partial charge is 0.254 e. The molecule has 1 unspecified atom stereocenters. The number of rotatable bonds is 3. The Balaban J connectivity index is 2.27. The van der Waals surface area contributed by atoms with Gasteiger partial charge < -0.3 is 16.4 Å². The summed E-state index contributed by atoms with van der Waals surface area (Å²) in [4.78, 5) is 11.3. The first-order chi connectivity index (χ1) is 7.59. The van der Waals surface area contributed by atoms with E-state index < -0.39 is 5.91 Å². The summed E-state index contributed by atoms with van der Waals surface area (Å²) in [5, 5.41) is 10.8. The average Bonchev–Trinajstić information content (AvgIpc) is 2.76. The van der Waals surface area contributed by atoms with Crippen molar-refractivity contribution in [3.8, 4) is 0 Å². The minimum absolute atomic E-state index is 0.341. The SMILES string of the molecule is Cc1nn(C)c(NC2CCNC2)c1C(N)=O. The van der Waals surface area contributed by atoms with Gasteiger partial charge in [0.25, 0.3) is 5.91 Å². The van der Waals surface area contributed by atoms with Crippen molar-refractivity contribution in [1.29, 1.82) is 0 Å². The molecule has 1 aliphatic rings. The molecule has 0 aromatic carbocycles. The van der Waals surface area contributed by atoms with E-state index in [4.69, 9.17) is 5.73 Å². The lowest BCUT2D eigenvalue weighted by molar-refractivity contribution is 0.100. The van der Waals surface area contributed by atoms with E-state index in [9.17, 15) is 4.79 Å². The van der Waals surface area contributed by atoms with Gasteiger partial charge in [-0.2, -0.15) is 5.10 Å². The van der Waals surface area contributed by atoms with Gasteiger partial charge in [0.2, 0.25) is 0 Å². The molecular formula is C10H17N5O. The summed E-state index contributed by atoms with van der Waals surface area (Å²) >= 11 is 0. The van der Waals surface area contributed by atoms with Gasteiger partial charge in [-0.25, -0.2) is 0 Å². The number of nitrogens with zero attached hydrogens (tertiary/aromatic N) is 2. The predicted octanol–water partition coefficient (Wildman–Crippen LogP) is -0.399. The number of amides is 1. The number of hydrogen-bond acceptors (Lipinski definition) is 4. The number of nitrogens with two attached hydrogens (primary N) is 1. The van der Waals surface area contributed by atoms with Gasteiger partial charge in [0, 0.05) is 19.6 Å². The van der Waals surface area contributed by atoms with Crippen molar-refractivity contribution in [3.05, 3.63) is 11.3 Å². The van der Waals surface area contributed by atoms with Crippen molar-refractivity contribution in [2.45, 2.75) is 19.4 Å². The van der Waals surface area contributed by atoms with Gasteiger partial charge in [0.1, 0.15) is 11.4 Å². The van der Waals surface area contributed by atoms with E-state index in [1.54, 1.807) is 11.6 Å². The van der Waals surface area contributed by atoms with Crippen LogP contribution in [0.1, 0.15) is 22.5 Å². The van der Waals surface area contributed by atoms with Crippen LogP contribution in [0.15, 0.2) is 0 Å². The van der Waals surface area contributed by atoms with Gasteiger partial charge in [0.05, 0.1) is 5.69 Å². The number of carbonyl (C=O) groups excluding carboxylic acids is 1. The summed E-state index contributed by atoms with van der Waals surface area (Å²) in [6.45, 7) is 3.70. The molecule has 1 atom stereocenters. The van der Waals surface area contributed by atoms with Crippen molar-refractivity contribution in [1.82, 2.24) is 15.1 Å². The van der Waals surface area contributed by atoms with Gasteiger partial charge in [-0.1, -0.05) is 0 Å². The van der Waals surface area contributed by atoms with Crippen molar-refractivity contribution in [3.63, 3.8) is 0 Å². The Hall–Kier alpha value is -1.56. The van der Waals surface area contributed by atoms with Gasteiger partial charge in [-0.3, -0.25) is 9.48 Å². The second kappa shape index (κ2) is 4.13. The van der Waals surface area contributed by atoms with Crippen LogP contribution < -0.4 is 16.4 Å². The summed E-state index contributed by atoms with van der Waals surface area (Å²) in [5.74, 6) is 0.290. The minimum Gasteiger partial charge on any atom is -0.366 e. The molecule has 0 bridgehead atoms. The summed E-state index contributed by atoms with van der Waals surface area (Å²) in [6, 6.07) is 0.341. The van der Waals surface area contributed by atoms with E-state index in [0.29, 0.717) is 17.3 Å². The largest absolute Gasteiger partial charge is 0.366 e. The first-order valence-electron chi connectivity index (χ1n) is 5.40. The zero-order valence-electron chi connectivity index (χ0n) is 9.58. The van der Waals surface area contributed by atoms with Crippen LogP contribution >= 0.6 is 0 Å². The molecule has 2 heterocycles. The lowest BCUT2D eigenvalue weighted by Gasteiger charge is -2.13. The second-order valence-corrected chi connectivity index (χ2v) is 4.13. The first kappa shape index (κ1) is 10.9. The molecule has 2 rings (SSSR count). The van der Waals surface area contributed by atoms with E-state index in [1.165, 1.54) is 0 Å². The van der Waals surface area contributed by atoms with Crippen LogP contribution in [0.2, 0.25) is 0 Å². The third-order valence-corrected chi connectivity index (χ3v) is 2.87. The number of anilines is 1. The summed E-state index contributed by atoms with van der Waals surface area (Å²) in [7, 11) is 1.81. The Kier molecular flexibility index (Phi) is 2.82. The number of nitrogens with one attached hydrogen (secondary N) is 2. The molecule has 1 amide bonds. The molecule has 6 heteroatoms. The van der Waals surface area contributed by atoms with E-state index >= 15 is 0 Å². The van der Waals surface area contributed by atoms with E-state index in [1.807, 2.05) is 7.05 Å². The maximum absolute atomic E-state index is 11.3. The quantitative estimate of drug-likeness (QED) is 0.651. The standard InChI is InChI=1S/C10H17N5O/c1-6-8(9(11)16)10(15(2)14-6)13-7-3-4-12-5-7/h7,12-13H,3-5H2,1-2H3,(H2,11,16). The molecule has 88 valence electrons. The summed E-state index contributed by atoms with van der Waals surface area (Å²) < 4.78 is 1.67. The van der Waals surface area contributed by atoms with E-state index in [0.717, 1.165) is 25.3 Å². The van der Waals surface area contributed by atoms with Crippen LogP contribution in [-0.4, -0.2) is 34.8 Å². The summed E-state index contributed by atoms with van der Waals surface area (Å²) in [6.07, 6.45) is 1.04. The third-order valence-electron chi connectivity index (χ3n) is 2.87. The third kappa shape index (κ3) is 1.88. The normalized spacial score (nSPS) is 20.0. The maximum Gasteiger partial charge on any atom is 0.254 e. The zero-order valence-corrected chi connectivity index (χ0v) is 9.58. The monoisotopic (exact) mass is 223 g/mol. The highest BCUT2D eigenvalue weighted by Gasteiger charge is 2.22. The van der Waals surface area contributed by atoms with Crippen LogP contribution in [0.3, 0.4) is 0 Å².